The summed E-state index contributed by atoms with van der Waals surface area (Å²) in [4.78, 5) is 0. The Morgan fingerprint density at radius 2 is 1.87 bits per heavy atom. The predicted octanol–water partition coefficient (Wildman–Crippen LogP) is 4.10. The second kappa shape index (κ2) is 5.19. The molecule has 0 fully saturated rings. The Labute approximate surface area is 98.7 Å². The Hall–Kier alpha value is -0.990. The maximum Gasteiger partial charge on any atom is 0.0474 e. The lowest BCUT2D eigenvalue weighted by Gasteiger charge is -2.05. The second-order valence-corrected chi connectivity index (χ2v) is 4.36. The lowest BCUT2D eigenvalue weighted by Crippen LogP contribution is -1.97. The van der Waals surface area contributed by atoms with E-state index in [2.05, 4.69) is 34.3 Å². The maximum absolute atomic E-state index is 5.72. The van der Waals surface area contributed by atoms with Gasteiger partial charge in [-0.2, -0.15) is 11.3 Å². The van der Waals surface area contributed by atoms with Gasteiger partial charge in [0.1, 0.15) is 0 Å². The number of thiophene rings is 1. The third-order valence-electron chi connectivity index (χ3n) is 2.18. The van der Waals surface area contributed by atoms with Crippen LogP contribution in [0.2, 0.25) is 0 Å². The molecule has 0 unspecified atom stereocenters. The van der Waals surface area contributed by atoms with Gasteiger partial charge in [0.15, 0.2) is 0 Å². The van der Waals surface area contributed by atoms with Gasteiger partial charge in [0, 0.05) is 18.1 Å². The van der Waals surface area contributed by atoms with Crippen LogP contribution in [0.15, 0.2) is 41.1 Å². The van der Waals surface area contributed by atoms with Crippen molar-refractivity contribution in [3.8, 4) is 0 Å². The zero-order chi connectivity index (χ0) is 10.5. The molecule has 1 N–H and O–H groups in total. The lowest BCUT2D eigenvalue weighted by atomic mass is 10.2. The van der Waals surface area contributed by atoms with E-state index < -0.39 is 0 Å². The summed E-state index contributed by atoms with van der Waals surface area (Å²) in [6.45, 7) is 0.879. The molecule has 2 rings (SSSR count). The van der Waals surface area contributed by atoms with Crippen molar-refractivity contribution in [2.24, 2.45) is 0 Å². The van der Waals surface area contributed by atoms with Gasteiger partial charge < -0.3 is 5.32 Å². The smallest absolute Gasteiger partial charge is 0.0474 e. The van der Waals surface area contributed by atoms with Gasteiger partial charge in [-0.05, 0) is 40.1 Å². The summed E-state index contributed by atoms with van der Waals surface area (Å²) < 4.78 is 0. The Morgan fingerprint density at radius 1 is 1.07 bits per heavy atom. The standard InChI is InChI=1S/C12H12ClNS/c13-7-10-1-3-12(4-2-10)14-8-11-5-6-15-9-11/h1-6,9,14H,7-8H2. The number of rotatable bonds is 4. The normalized spacial score (nSPS) is 10.2. The molecule has 0 amide bonds. The van der Waals surface area contributed by atoms with Crippen molar-refractivity contribution in [1.29, 1.82) is 0 Å². The number of hydrogen-bond acceptors (Lipinski definition) is 2. The fraction of sp³-hybridized carbons (Fsp3) is 0.167. The molecule has 0 atom stereocenters. The Bertz CT molecular complexity index is 394. The minimum absolute atomic E-state index is 0.574. The molecule has 15 heavy (non-hydrogen) atoms. The van der Waals surface area contributed by atoms with Crippen LogP contribution in [-0.2, 0) is 12.4 Å². The van der Waals surface area contributed by atoms with Crippen LogP contribution in [0.3, 0.4) is 0 Å². The molecule has 0 aliphatic carbocycles. The molecule has 1 aromatic carbocycles. The van der Waals surface area contributed by atoms with Gasteiger partial charge >= 0.3 is 0 Å². The van der Waals surface area contributed by atoms with E-state index in [1.807, 2.05) is 12.1 Å². The summed E-state index contributed by atoms with van der Waals surface area (Å²) in [5.74, 6) is 0.574. The van der Waals surface area contributed by atoms with Crippen LogP contribution in [-0.4, -0.2) is 0 Å². The van der Waals surface area contributed by atoms with Gasteiger partial charge in [0.05, 0.1) is 0 Å². The Balaban J connectivity index is 1.93. The first-order valence-electron chi connectivity index (χ1n) is 4.78. The summed E-state index contributed by atoms with van der Waals surface area (Å²) in [5, 5.41) is 7.61. The monoisotopic (exact) mass is 237 g/mol. The van der Waals surface area contributed by atoms with Gasteiger partial charge in [-0.3, -0.25) is 0 Å². The van der Waals surface area contributed by atoms with E-state index in [4.69, 9.17) is 11.6 Å². The number of nitrogens with one attached hydrogen (secondary N) is 1. The third-order valence-corrected chi connectivity index (χ3v) is 3.23. The second-order valence-electron chi connectivity index (χ2n) is 3.32. The molecule has 1 heterocycles. The highest BCUT2D eigenvalue weighted by Crippen LogP contribution is 2.13. The third kappa shape index (κ3) is 2.98. The molecule has 3 heteroatoms. The van der Waals surface area contributed by atoms with Crippen LogP contribution in [0.1, 0.15) is 11.1 Å². The topological polar surface area (TPSA) is 12.0 Å². The number of benzene rings is 1. The van der Waals surface area contributed by atoms with Crippen LogP contribution < -0.4 is 5.32 Å². The van der Waals surface area contributed by atoms with Crippen LogP contribution in [0, 0.1) is 0 Å². The summed E-state index contributed by atoms with van der Waals surface area (Å²) in [5.41, 5.74) is 3.61. The average molecular weight is 238 g/mol. The zero-order valence-corrected chi connectivity index (χ0v) is 9.81. The first-order chi connectivity index (χ1) is 7.38. The molecule has 1 nitrogen and oxygen atoms in total. The first kappa shape index (κ1) is 10.5. The SMILES string of the molecule is ClCc1ccc(NCc2ccsc2)cc1. The van der Waals surface area contributed by atoms with Gasteiger partial charge in [0.2, 0.25) is 0 Å². The molecule has 2 aromatic rings. The molecular weight excluding hydrogens is 226 g/mol. The van der Waals surface area contributed by atoms with Crippen molar-refractivity contribution >= 4 is 28.6 Å². The number of alkyl halides is 1. The molecule has 0 radical (unpaired) electrons. The van der Waals surface area contributed by atoms with E-state index >= 15 is 0 Å². The van der Waals surface area contributed by atoms with E-state index in [0.717, 1.165) is 17.8 Å². The summed E-state index contributed by atoms with van der Waals surface area (Å²) in [6.07, 6.45) is 0. The summed E-state index contributed by atoms with van der Waals surface area (Å²) in [6, 6.07) is 10.3. The summed E-state index contributed by atoms with van der Waals surface area (Å²) >= 11 is 7.44. The molecule has 0 saturated heterocycles. The van der Waals surface area contributed by atoms with Crippen molar-refractivity contribution < 1.29 is 0 Å². The molecule has 1 aromatic heterocycles. The highest BCUT2D eigenvalue weighted by molar-refractivity contribution is 7.07. The quantitative estimate of drug-likeness (QED) is 0.790. The maximum atomic E-state index is 5.72. The zero-order valence-electron chi connectivity index (χ0n) is 8.24. The average Bonchev–Trinajstić information content (AvgIpc) is 2.80. The van der Waals surface area contributed by atoms with Gasteiger partial charge in [0.25, 0.3) is 0 Å². The Kier molecular flexibility index (Phi) is 3.64. The number of hydrogen-bond donors (Lipinski definition) is 1. The van der Waals surface area contributed by atoms with Crippen LogP contribution in [0.5, 0.6) is 0 Å². The minimum atomic E-state index is 0.574. The molecule has 0 aliphatic heterocycles. The van der Waals surface area contributed by atoms with Crippen molar-refractivity contribution in [2.75, 3.05) is 5.32 Å². The van der Waals surface area contributed by atoms with Gasteiger partial charge in [-0.15, -0.1) is 11.6 Å². The largest absolute Gasteiger partial charge is 0.381 e. The predicted molar refractivity (Wildman–Crippen MR) is 67.6 cm³/mol. The number of anilines is 1. The van der Waals surface area contributed by atoms with Gasteiger partial charge in [-0.1, -0.05) is 12.1 Å². The molecule has 0 saturated carbocycles. The Morgan fingerprint density at radius 3 is 2.47 bits per heavy atom. The fourth-order valence-corrected chi connectivity index (χ4v) is 2.16. The molecular formula is C12H12ClNS. The van der Waals surface area contributed by atoms with Crippen LogP contribution >= 0.6 is 22.9 Å². The highest BCUT2D eigenvalue weighted by Gasteiger charge is 1.94. The minimum Gasteiger partial charge on any atom is -0.381 e. The van der Waals surface area contributed by atoms with E-state index in [0.29, 0.717) is 5.88 Å². The van der Waals surface area contributed by atoms with Crippen LogP contribution in [0.25, 0.3) is 0 Å². The van der Waals surface area contributed by atoms with E-state index in [1.54, 1.807) is 11.3 Å². The van der Waals surface area contributed by atoms with Crippen molar-refractivity contribution in [3.63, 3.8) is 0 Å². The van der Waals surface area contributed by atoms with Crippen molar-refractivity contribution in [1.82, 2.24) is 0 Å². The van der Waals surface area contributed by atoms with Crippen molar-refractivity contribution in [2.45, 2.75) is 12.4 Å². The van der Waals surface area contributed by atoms with Crippen molar-refractivity contribution in [3.05, 3.63) is 52.2 Å². The van der Waals surface area contributed by atoms with Gasteiger partial charge in [-0.25, -0.2) is 0 Å². The molecule has 78 valence electrons. The van der Waals surface area contributed by atoms with E-state index in [9.17, 15) is 0 Å². The summed E-state index contributed by atoms with van der Waals surface area (Å²) in [7, 11) is 0. The fourth-order valence-electron chi connectivity index (χ4n) is 1.31. The molecule has 0 spiro atoms. The lowest BCUT2D eigenvalue weighted by molar-refractivity contribution is 1.16. The molecule has 0 bridgehead atoms. The van der Waals surface area contributed by atoms with Crippen LogP contribution in [0.4, 0.5) is 5.69 Å². The highest BCUT2D eigenvalue weighted by atomic mass is 35.5. The van der Waals surface area contributed by atoms with E-state index in [1.165, 1.54) is 5.56 Å². The van der Waals surface area contributed by atoms with E-state index in [-0.39, 0.29) is 0 Å². The molecule has 0 aliphatic rings. The number of halogens is 1. The first-order valence-corrected chi connectivity index (χ1v) is 6.26.